The third-order valence-electron chi connectivity index (χ3n) is 5.15. The number of hydrogen-bond donors (Lipinski definition) is 0. The van der Waals surface area contributed by atoms with Gasteiger partial charge in [-0.15, -0.1) is 0 Å². The molecule has 4 heteroatoms. The van der Waals surface area contributed by atoms with E-state index in [0.717, 1.165) is 12.8 Å². The van der Waals surface area contributed by atoms with Crippen LogP contribution < -0.4 is 0 Å². The Morgan fingerprint density at radius 3 is 2.45 bits per heavy atom. The van der Waals surface area contributed by atoms with E-state index in [4.69, 9.17) is 9.47 Å². The molecular weight excluding hydrogens is 256 g/mol. The fraction of sp³-hybridized carbons (Fsp3) is 0.750. The monoisotopic (exact) mass is 278 g/mol. The first-order valence-electron chi connectivity index (χ1n) is 7.23. The highest BCUT2D eigenvalue weighted by Crippen LogP contribution is 2.60. The lowest BCUT2D eigenvalue weighted by atomic mass is 9.79. The van der Waals surface area contributed by atoms with Gasteiger partial charge in [-0.05, 0) is 23.7 Å². The van der Waals surface area contributed by atoms with E-state index < -0.39 is 17.5 Å². The number of carbonyl (C=O) groups excluding carboxylic acids is 2. The summed E-state index contributed by atoms with van der Waals surface area (Å²) in [4.78, 5) is 24.2. The second-order valence-electron chi connectivity index (χ2n) is 7.84. The zero-order chi connectivity index (χ0) is 14.8. The van der Waals surface area contributed by atoms with Crippen molar-refractivity contribution < 1.29 is 19.1 Å². The molecule has 3 rings (SSSR count). The van der Waals surface area contributed by atoms with Crippen LogP contribution in [0.3, 0.4) is 0 Å². The minimum absolute atomic E-state index is 0.101. The van der Waals surface area contributed by atoms with Gasteiger partial charge in [0.15, 0.2) is 0 Å². The lowest BCUT2D eigenvalue weighted by Gasteiger charge is -2.29. The van der Waals surface area contributed by atoms with Crippen LogP contribution in [0.25, 0.3) is 0 Å². The van der Waals surface area contributed by atoms with E-state index in [-0.39, 0.29) is 22.7 Å². The molecule has 0 N–H and O–H groups in total. The van der Waals surface area contributed by atoms with Crippen LogP contribution in [-0.4, -0.2) is 24.6 Å². The van der Waals surface area contributed by atoms with Crippen molar-refractivity contribution in [2.75, 3.05) is 6.61 Å². The Morgan fingerprint density at radius 2 is 2.00 bits per heavy atom. The summed E-state index contributed by atoms with van der Waals surface area (Å²) in [5, 5.41) is 0. The Kier molecular flexibility index (Phi) is 2.64. The fourth-order valence-corrected chi connectivity index (χ4v) is 3.94. The molecule has 1 heterocycles. The molecule has 1 saturated carbocycles. The van der Waals surface area contributed by atoms with Crippen LogP contribution in [0.15, 0.2) is 12.2 Å². The molecule has 0 radical (unpaired) electrons. The van der Waals surface area contributed by atoms with E-state index in [1.54, 1.807) is 0 Å². The van der Waals surface area contributed by atoms with Gasteiger partial charge >= 0.3 is 11.9 Å². The van der Waals surface area contributed by atoms with Crippen LogP contribution in [0.5, 0.6) is 0 Å². The largest absolute Gasteiger partial charge is 0.462 e. The Hall–Kier alpha value is -1.32. The van der Waals surface area contributed by atoms with Gasteiger partial charge in [-0.2, -0.15) is 0 Å². The van der Waals surface area contributed by atoms with Crippen molar-refractivity contribution in [3.63, 3.8) is 0 Å². The minimum atomic E-state index is -0.769. The van der Waals surface area contributed by atoms with Crippen molar-refractivity contribution in [1.29, 1.82) is 0 Å². The Labute approximate surface area is 119 Å². The van der Waals surface area contributed by atoms with Crippen molar-refractivity contribution in [1.82, 2.24) is 0 Å². The van der Waals surface area contributed by atoms with Crippen molar-refractivity contribution in [2.45, 2.75) is 46.6 Å². The number of cyclic esters (lactones) is 1. The average Bonchev–Trinajstić information content (AvgIpc) is 2.89. The van der Waals surface area contributed by atoms with E-state index in [0.29, 0.717) is 6.61 Å². The summed E-state index contributed by atoms with van der Waals surface area (Å²) in [5.41, 5.74) is -0.465. The fourth-order valence-electron chi connectivity index (χ4n) is 3.94. The van der Waals surface area contributed by atoms with E-state index in [1.807, 2.05) is 13.8 Å². The first kappa shape index (κ1) is 13.7. The predicted octanol–water partition coefficient (Wildman–Crippen LogP) is 2.47. The molecule has 0 aromatic carbocycles. The number of allylic oxidation sites excluding steroid dienone is 2. The zero-order valence-corrected chi connectivity index (χ0v) is 12.6. The molecule has 0 amide bonds. The standard InChI is InChI=1S/C16H22O4/c1-14(2)9-19-13(18)11(14)20-12(17)10-7-15(3)5-6-16(10,4)8-15/h5-6,10-11H,7-9H2,1-4H3/t10-,11+,15-,16-/m1/s1. The second-order valence-corrected chi connectivity index (χ2v) is 7.84. The lowest BCUT2D eigenvalue weighted by molar-refractivity contribution is -0.168. The summed E-state index contributed by atoms with van der Waals surface area (Å²) in [6, 6.07) is 0. The number of rotatable bonds is 2. The van der Waals surface area contributed by atoms with Crippen molar-refractivity contribution in [2.24, 2.45) is 22.2 Å². The molecule has 0 aromatic rings. The minimum Gasteiger partial charge on any atom is -0.462 e. The molecule has 0 aromatic heterocycles. The summed E-state index contributed by atoms with van der Waals surface area (Å²) in [6.07, 6.45) is 5.37. The third-order valence-corrected chi connectivity index (χ3v) is 5.15. The number of ether oxygens (including phenoxy) is 2. The maximum atomic E-state index is 12.5. The van der Waals surface area contributed by atoms with Gasteiger partial charge in [-0.25, -0.2) is 4.79 Å². The number of carbonyl (C=O) groups is 2. The number of hydrogen-bond acceptors (Lipinski definition) is 4. The average molecular weight is 278 g/mol. The van der Waals surface area contributed by atoms with E-state index in [2.05, 4.69) is 26.0 Å². The normalized spacial score (nSPS) is 44.7. The molecule has 4 nitrogen and oxygen atoms in total. The summed E-state index contributed by atoms with van der Waals surface area (Å²) in [5.74, 6) is -0.822. The Bertz CT molecular complexity index is 507. The topological polar surface area (TPSA) is 52.6 Å². The van der Waals surface area contributed by atoms with Crippen LogP contribution >= 0.6 is 0 Å². The highest BCUT2D eigenvalue weighted by Gasteiger charge is 2.56. The van der Waals surface area contributed by atoms with Crippen molar-refractivity contribution >= 4 is 11.9 Å². The van der Waals surface area contributed by atoms with E-state index in [1.165, 1.54) is 0 Å². The van der Waals surface area contributed by atoms with E-state index in [9.17, 15) is 9.59 Å². The number of fused-ring (bicyclic) bond motifs is 2. The molecule has 4 atom stereocenters. The number of esters is 2. The maximum absolute atomic E-state index is 12.5. The maximum Gasteiger partial charge on any atom is 0.348 e. The van der Waals surface area contributed by atoms with Crippen LogP contribution in [0.2, 0.25) is 0 Å². The van der Waals surface area contributed by atoms with Crippen LogP contribution in [-0.2, 0) is 19.1 Å². The molecule has 1 aliphatic heterocycles. The van der Waals surface area contributed by atoms with Gasteiger partial charge in [0.1, 0.15) is 6.61 Å². The summed E-state index contributed by atoms with van der Waals surface area (Å²) >= 11 is 0. The van der Waals surface area contributed by atoms with E-state index >= 15 is 0 Å². The molecule has 0 unspecified atom stereocenters. The molecule has 1 saturated heterocycles. The van der Waals surface area contributed by atoms with Gasteiger partial charge in [-0.3, -0.25) is 4.79 Å². The third kappa shape index (κ3) is 1.88. The highest BCUT2D eigenvalue weighted by molar-refractivity contribution is 5.83. The van der Waals surface area contributed by atoms with Gasteiger partial charge in [0, 0.05) is 5.41 Å². The van der Waals surface area contributed by atoms with Gasteiger partial charge in [0.05, 0.1) is 5.92 Å². The van der Waals surface area contributed by atoms with Crippen LogP contribution in [0.4, 0.5) is 0 Å². The van der Waals surface area contributed by atoms with Gasteiger partial charge in [0.2, 0.25) is 6.10 Å². The summed E-state index contributed by atoms with van der Waals surface area (Å²) < 4.78 is 10.6. The molecule has 3 aliphatic rings. The van der Waals surface area contributed by atoms with Gasteiger partial charge in [-0.1, -0.05) is 39.8 Å². The predicted molar refractivity (Wildman–Crippen MR) is 72.7 cm³/mol. The van der Waals surface area contributed by atoms with Crippen LogP contribution in [0.1, 0.15) is 40.5 Å². The van der Waals surface area contributed by atoms with Gasteiger partial charge < -0.3 is 9.47 Å². The Morgan fingerprint density at radius 1 is 1.30 bits per heavy atom. The Balaban J connectivity index is 1.75. The molecule has 2 aliphatic carbocycles. The summed E-state index contributed by atoms with van der Waals surface area (Å²) in [7, 11) is 0. The molecule has 0 spiro atoms. The van der Waals surface area contributed by atoms with Crippen molar-refractivity contribution in [3.05, 3.63) is 12.2 Å². The first-order chi connectivity index (χ1) is 9.15. The quantitative estimate of drug-likeness (QED) is 0.575. The summed E-state index contributed by atoms with van der Waals surface area (Å²) in [6.45, 7) is 8.37. The SMILES string of the molecule is CC1(C)COC(=O)[C@@H]1OC(=O)[C@H]1C[C@@]2(C)C=C[C@]1(C)C2. The molecule has 110 valence electrons. The molecular formula is C16H22O4. The molecule has 2 bridgehead atoms. The lowest BCUT2D eigenvalue weighted by Crippen LogP contribution is -2.39. The first-order valence-corrected chi connectivity index (χ1v) is 7.23. The molecule has 20 heavy (non-hydrogen) atoms. The highest BCUT2D eigenvalue weighted by atomic mass is 16.6. The van der Waals surface area contributed by atoms with Crippen molar-refractivity contribution in [3.8, 4) is 0 Å². The van der Waals surface area contributed by atoms with Gasteiger partial charge in [0.25, 0.3) is 0 Å². The second kappa shape index (κ2) is 3.86. The zero-order valence-electron chi connectivity index (χ0n) is 12.6. The molecule has 2 fully saturated rings. The van der Waals surface area contributed by atoms with Crippen LogP contribution in [0, 0.1) is 22.2 Å². The smallest absolute Gasteiger partial charge is 0.348 e.